The van der Waals surface area contributed by atoms with E-state index in [2.05, 4.69) is 44.2 Å². The minimum absolute atomic E-state index is 0.200. The van der Waals surface area contributed by atoms with Gasteiger partial charge >= 0.3 is 0 Å². The molecule has 0 fully saturated rings. The van der Waals surface area contributed by atoms with Crippen molar-refractivity contribution in [3.63, 3.8) is 0 Å². The standard InChI is InChI=1S/C19H24O2/c1-13(2)21-18-8-9-19(15(4)11-18)16-6-7-17(12-20-5)14(3)10-16/h6-11,13H,12H2,1-5H3. The summed E-state index contributed by atoms with van der Waals surface area (Å²) in [6.07, 6.45) is 0.200. The Labute approximate surface area is 127 Å². The minimum Gasteiger partial charge on any atom is -0.491 e. The summed E-state index contributed by atoms with van der Waals surface area (Å²) in [4.78, 5) is 0. The highest BCUT2D eigenvalue weighted by Crippen LogP contribution is 2.29. The number of benzene rings is 2. The molecule has 2 heteroatoms. The van der Waals surface area contributed by atoms with Crippen molar-refractivity contribution >= 4 is 0 Å². The predicted molar refractivity (Wildman–Crippen MR) is 87.8 cm³/mol. The van der Waals surface area contributed by atoms with E-state index in [1.807, 2.05) is 19.9 Å². The molecular weight excluding hydrogens is 260 g/mol. The number of aryl methyl sites for hydroxylation is 2. The van der Waals surface area contributed by atoms with Crippen molar-refractivity contribution in [2.24, 2.45) is 0 Å². The summed E-state index contributed by atoms with van der Waals surface area (Å²) in [5.74, 6) is 0.930. The van der Waals surface area contributed by atoms with E-state index < -0.39 is 0 Å². The van der Waals surface area contributed by atoms with Gasteiger partial charge in [-0.3, -0.25) is 0 Å². The first-order valence-electron chi connectivity index (χ1n) is 7.37. The lowest BCUT2D eigenvalue weighted by Crippen LogP contribution is -2.05. The minimum atomic E-state index is 0.200. The van der Waals surface area contributed by atoms with Crippen LogP contribution in [-0.2, 0) is 11.3 Å². The predicted octanol–water partition coefficient (Wildman–Crippen LogP) is 4.90. The molecule has 0 bridgehead atoms. The summed E-state index contributed by atoms with van der Waals surface area (Å²) in [5, 5.41) is 0. The van der Waals surface area contributed by atoms with Crippen LogP contribution in [-0.4, -0.2) is 13.2 Å². The monoisotopic (exact) mass is 284 g/mol. The third-order valence-electron chi connectivity index (χ3n) is 3.52. The van der Waals surface area contributed by atoms with Gasteiger partial charge in [-0.05, 0) is 67.6 Å². The Bertz CT molecular complexity index is 615. The molecule has 0 unspecified atom stereocenters. The molecular formula is C19H24O2. The maximum absolute atomic E-state index is 5.74. The fourth-order valence-electron chi connectivity index (χ4n) is 2.49. The Balaban J connectivity index is 2.31. The van der Waals surface area contributed by atoms with Gasteiger partial charge in [-0.2, -0.15) is 0 Å². The molecule has 112 valence electrons. The number of rotatable bonds is 5. The second-order valence-corrected chi connectivity index (χ2v) is 5.72. The van der Waals surface area contributed by atoms with Crippen LogP contribution in [0.4, 0.5) is 0 Å². The summed E-state index contributed by atoms with van der Waals surface area (Å²) >= 11 is 0. The van der Waals surface area contributed by atoms with Crippen molar-refractivity contribution in [3.8, 4) is 16.9 Å². The fraction of sp³-hybridized carbons (Fsp3) is 0.368. The Morgan fingerprint density at radius 3 is 2.29 bits per heavy atom. The van der Waals surface area contributed by atoms with Crippen LogP contribution >= 0.6 is 0 Å². The smallest absolute Gasteiger partial charge is 0.119 e. The van der Waals surface area contributed by atoms with Crippen LogP contribution in [0, 0.1) is 13.8 Å². The van der Waals surface area contributed by atoms with Gasteiger partial charge in [0.15, 0.2) is 0 Å². The molecule has 0 saturated carbocycles. The SMILES string of the molecule is COCc1ccc(-c2ccc(OC(C)C)cc2C)cc1C. The lowest BCUT2D eigenvalue weighted by Gasteiger charge is -2.14. The maximum atomic E-state index is 5.74. The fourth-order valence-corrected chi connectivity index (χ4v) is 2.49. The summed E-state index contributed by atoms with van der Waals surface area (Å²) in [7, 11) is 1.73. The highest BCUT2D eigenvalue weighted by Gasteiger charge is 2.07. The number of ether oxygens (including phenoxy) is 2. The van der Waals surface area contributed by atoms with Crippen LogP contribution in [0.25, 0.3) is 11.1 Å². The van der Waals surface area contributed by atoms with Crippen LogP contribution in [0.15, 0.2) is 36.4 Å². The molecule has 0 spiro atoms. The first-order valence-corrected chi connectivity index (χ1v) is 7.37. The van der Waals surface area contributed by atoms with E-state index in [4.69, 9.17) is 9.47 Å². The van der Waals surface area contributed by atoms with E-state index >= 15 is 0 Å². The first kappa shape index (κ1) is 15.6. The Morgan fingerprint density at radius 2 is 1.71 bits per heavy atom. The van der Waals surface area contributed by atoms with Crippen LogP contribution < -0.4 is 4.74 Å². The molecule has 0 aliphatic heterocycles. The maximum Gasteiger partial charge on any atom is 0.119 e. The van der Waals surface area contributed by atoms with Gasteiger partial charge in [0.2, 0.25) is 0 Å². The zero-order valence-corrected chi connectivity index (χ0v) is 13.6. The van der Waals surface area contributed by atoms with Gasteiger partial charge in [0.05, 0.1) is 12.7 Å². The van der Waals surface area contributed by atoms with Crippen LogP contribution in [0.3, 0.4) is 0 Å². The van der Waals surface area contributed by atoms with Gasteiger partial charge in [0.1, 0.15) is 5.75 Å². The number of hydrogen-bond donors (Lipinski definition) is 0. The number of methoxy groups -OCH3 is 1. The van der Waals surface area contributed by atoms with Crippen molar-refractivity contribution in [2.45, 2.75) is 40.4 Å². The second kappa shape index (κ2) is 6.77. The molecule has 0 atom stereocenters. The molecule has 21 heavy (non-hydrogen) atoms. The van der Waals surface area contributed by atoms with Gasteiger partial charge in [0, 0.05) is 7.11 Å². The van der Waals surface area contributed by atoms with Crippen LogP contribution in [0.2, 0.25) is 0 Å². The normalized spacial score (nSPS) is 11.0. The molecule has 2 aromatic rings. The number of hydrogen-bond acceptors (Lipinski definition) is 2. The quantitative estimate of drug-likeness (QED) is 0.777. The first-order chi connectivity index (χ1) is 10.0. The van der Waals surface area contributed by atoms with Crippen molar-refractivity contribution in [2.75, 3.05) is 7.11 Å². The van der Waals surface area contributed by atoms with E-state index in [0.717, 1.165) is 5.75 Å². The van der Waals surface area contributed by atoms with E-state index in [-0.39, 0.29) is 6.10 Å². The van der Waals surface area contributed by atoms with Crippen molar-refractivity contribution in [3.05, 3.63) is 53.1 Å². The van der Waals surface area contributed by atoms with Crippen LogP contribution in [0.5, 0.6) is 5.75 Å². The van der Waals surface area contributed by atoms with Gasteiger partial charge in [-0.25, -0.2) is 0 Å². The molecule has 2 aromatic carbocycles. The molecule has 0 amide bonds. The molecule has 0 N–H and O–H groups in total. The summed E-state index contributed by atoms with van der Waals surface area (Å²) < 4.78 is 11.0. The van der Waals surface area contributed by atoms with E-state index in [1.165, 1.54) is 27.8 Å². The molecule has 0 radical (unpaired) electrons. The van der Waals surface area contributed by atoms with Crippen molar-refractivity contribution in [1.82, 2.24) is 0 Å². The zero-order valence-electron chi connectivity index (χ0n) is 13.6. The summed E-state index contributed by atoms with van der Waals surface area (Å²) in [5.41, 5.74) is 6.21. The van der Waals surface area contributed by atoms with Crippen molar-refractivity contribution in [1.29, 1.82) is 0 Å². The van der Waals surface area contributed by atoms with Crippen LogP contribution in [0.1, 0.15) is 30.5 Å². The average Bonchev–Trinajstić information content (AvgIpc) is 2.41. The Morgan fingerprint density at radius 1 is 0.952 bits per heavy atom. The largest absolute Gasteiger partial charge is 0.491 e. The molecule has 0 heterocycles. The Hall–Kier alpha value is -1.80. The second-order valence-electron chi connectivity index (χ2n) is 5.72. The van der Waals surface area contributed by atoms with E-state index in [1.54, 1.807) is 7.11 Å². The lowest BCUT2D eigenvalue weighted by molar-refractivity contribution is 0.184. The van der Waals surface area contributed by atoms with Gasteiger partial charge in [-0.1, -0.05) is 24.3 Å². The topological polar surface area (TPSA) is 18.5 Å². The third kappa shape index (κ3) is 3.85. The molecule has 0 saturated heterocycles. The summed E-state index contributed by atoms with van der Waals surface area (Å²) in [6, 6.07) is 12.8. The molecule has 0 aliphatic rings. The van der Waals surface area contributed by atoms with Gasteiger partial charge < -0.3 is 9.47 Å². The van der Waals surface area contributed by atoms with E-state index in [0.29, 0.717) is 6.61 Å². The third-order valence-corrected chi connectivity index (χ3v) is 3.52. The van der Waals surface area contributed by atoms with Crippen molar-refractivity contribution < 1.29 is 9.47 Å². The molecule has 0 aromatic heterocycles. The van der Waals surface area contributed by atoms with E-state index in [9.17, 15) is 0 Å². The Kier molecular flexibility index (Phi) is 5.03. The highest BCUT2D eigenvalue weighted by atomic mass is 16.5. The highest BCUT2D eigenvalue weighted by molar-refractivity contribution is 5.69. The molecule has 2 rings (SSSR count). The van der Waals surface area contributed by atoms with Gasteiger partial charge in [0.25, 0.3) is 0 Å². The summed E-state index contributed by atoms with van der Waals surface area (Å²) in [6.45, 7) is 9.00. The lowest BCUT2D eigenvalue weighted by atomic mass is 9.97. The average molecular weight is 284 g/mol. The molecule has 0 aliphatic carbocycles. The zero-order chi connectivity index (χ0) is 15.4. The van der Waals surface area contributed by atoms with Gasteiger partial charge in [-0.15, -0.1) is 0 Å². The molecule has 2 nitrogen and oxygen atoms in total.